The Balaban J connectivity index is 2.19. The van der Waals surface area contributed by atoms with E-state index < -0.39 is 0 Å². The Bertz CT molecular complexity index is 14.4. The summed E-state index contributed by atoms with van der Waals surface area (Å²) in [5.41, 5.74) is 0. The van der Waals surface area contributed by atoms with Crippen molar-refractivity contribution < 1.29 is 3.07 Å². The van der Waals surface area contributed by atoms with Crippen molar-refractivity contribution in [1.29, 1.82) is 0 Å². The fraction of sp³-hybridized carbons (Fsp3) is 1.00. The van der Waals surface area contributed by atoms with Crippen LogP contribution in [0.4, 0.5) is 0 Å². The molecule has 0 aliphatic carbocycles. The Labute approximate surface area is 46.3 Å². The van der Waals surface area contributed by atoms with Crippen LogP contribution in [0.5, 0.6) is 0 Å². The van der Waals surface area contributed by atoms with Gasteiger partial charge in [0.25, 0.3) is 0 Å². The van der Waals surface area contributed by atoms with Crippen LogP contribution >= 0.6 is 0 Å². The molecule has 0 atom stereocenters. The zero-order valence-electron chi connectivity index (χ0n) is 3.32. The molecule has 0 spiro atoms. The van der Waals surface area contributed by atoms with E-state index in [1.54, 1.807) is 0 Å². The van der Waals surface area contributed by atoms with Gasteiger partial charge in [-0.05, 0) is 0 Å². The molecule has 3 radical (unpaired) electrons. The van der Waals surface area contributed by atoms with Gasteiger partial charge in [0.15, 0.2) is 0 Å². The third-order valence-corrected chi connectivity index (χ3v) is 0.889. The van der Waals surface area contributed by atoms with Crippen LogP contribution in [0.1, 0.15) is 13.3 Å². The van der Waals surface area contributed by atoms with Crippen LogP contribution in [0.3, 0.4) is 0 Å². The summed E-state index contributed by atoms with van der Waals surface area (Å²) in [6, 6.07) is 0. The third kappa shape index (κ3) is 4.76. The molecule has 0 rings (SSSR count). The van der Waals surface area contributed by atoms with E-state index in [1.165, 1.54) is 22.9 Å². The zero-order chi connectivity index (χ0) is 4.12. The molecule has 0 N–H and O–H groups in total. The molecule has 0 aromatic carbocycles. The van der Waals surface area contributed by atoms with Crippen LogP contribution in [-0.2, 0) is 3.07 Å². The van der Waals surface area contributed by atoms with Gasteiger partial charge in [0, 0.05) is 0 Å². The summed E-state index contributed by atoms with van der Waals surface area (Å²) < 4.78 is 4.78. The average molecular weight is 178 g/mol. The Morgan fingerprint density at radius 2 is 2.40 bits per heavy atom. The van der Waals surface area contributed by atoms with Crippen molar-refractivity contribution in [2.45, 2.75) is 13.3 Å². The summed E-state index contributed by atoms with van der Waals surface area (Å²) in [7, 11) is 0. The molecular formula is C3H7OSn. The van der Waals surface area contributed by atoms with Crippen molar-refractivity contribution in [3.8, 4) is 0 Å². The molecule has 0 aromatic rings. The predicted octanol–water partition coefficient (Wildman–Crippen LogP) is 0.496. The molecular weight excluding hydrogens is 171 g/mol. The van der Waals surface area contributed by atoms with Crippen LogP contribution in [0.15, 0.2) is 0 Å². The molecule has 0 saturated heterocycles. The Hall–Kier alpha value is 0.759. The van der Waals surface area contributed by atoms with Crippen molar-refractivity contribution in [3.05, 3.63) is 0 Å². The molecule has 0 unspecified atom stereocenters. The molecule has 2 heteroatoms. The van der Waals surface area contributed by atoms with E-state index in [0.29, 0.717) is 0 Å². The Kier molecular flexibility index (Phi) is 5.48. The normalized spacial score (nSPS) is 8.40. The molecule has 29 valence electrons. The first-order chi connectivity index (χ1) is 2.41. The molecule has 0 saturated carbocycles. The van der Waals surface area contributed by atoms with Gasteiger partial charge < -0.3 is 0 Å². The standard InChI is InChI=1S/C3H7O.Sn/c1-2-3-4;/h2-3H2,1H3;/q-1;+1. The van der Waals surface area contributed by atoms with Crippen molar-refractivity contribution in [1.82, 2.24) is 0 Å². The number of hydrogen-bond acceptors (Lipinski definition) is 1. The summed E-state index contributed by atoms with van der Waals surface area (Å²) in [5.74, 6) is 0. The van der Waals surface area contributed by atoms with Gasteiger partial charge in [-0.2, -0.15) is 0 Å². The molecule has 0 bridgehead atoms. The maximum atomic E-state index is 4.78. The van der Waals surface area contributed by atoms with Gasteiger partial charge in [-0.3, -0.25) is 0 Å². The maximum absolute atomic E-state index is 4.78. The quantitative estimate of drug-likeness (QED) is 0.559. The Morgan fingerprint density at radius 1 is 1.80 bits per heavy atom. The monoisotopic (exact) mass is 179 g/mol. The van der Waals surface area contributed by atoms with Gasteiger partial charge in [0.1, 0.15) is 0 Å². The average Bonchev–Trinajstić information content (AvgIpc) is 1.41. The van der Waals surface area contributed by atoms with E-state index in [-0.39, 0.29) is 0 Å². The second kappa shape index (κ2) is 4.76. The van der Waals surface area contributed by atoms with E-state index in [1.807, 2.05) is 0 Å². The van der Waals surface area contributed by atoms with E-state index in [0.717, 1.165) is 13.0 Å². The van der Waals surface area contributed by atoms with Crippen molar-refractivity contribution in [2.75, 3.05) is 6.61 Å². The molecule has 0 aromatic heterocycles. The van der Waals surface area contributed by atoms with Crippen LogP contribution in [0.2, 0.25) is 0 Å². The van der Waals surface area contributed by atoms with E-state index >= 15 is 0 Å². The third-order valence-electron chi connectivity index (χ3n) is 0.306. The fourth-order valence-electron chi connectivity index (χ4n) is 0.102. The summed E-state index contributed by atoms with van der Waals surface area (Å²) in [5, 5.41) is 0. The van der Waals surface area contributed by atoms with Crippen LogP contribution in [-0.4, -0.2) is 29.5 Å². The predicted molar refractivity (Wildman–Crippen MR) is 22.0 cm³/mol. The van der Waals surface area contributed by atoms with Crippen molar-refractivity contribution in [2.24, 2.45) is 0 Å². The summed E-state index contributed by atoms with van der Waals surface area (Å²) in [4.78, 5) is 0. The summed E-state index contributed by atoms with van der Waals surface area (Å²) in [6.07, 6.45) is 1.14. The molecule has 5 heavy (non-hydrogen) atoms. The molecule has 0 aliphatic heterocycles. The molecule has 0 fully saturated rings. The van der Waals surface area contributed by atoms with Gasteiger partial charge in [-0.15, -0.1) is 0 Å². The molecule has 0 heterocycles. The van der Waals surface area contributed by atoms with Crippen LogP contribution in [0.25, 0.3) is 0 Å². The van der Waals surface area contributed by atoms with Gasteiger partial charge in [-0.25, -0.2) is 0 Å². The van der Waals surface area contributed by atoms with Gasteiger partial charge in [-0.1, -0.05) is 0 Å². The topological polar surface area (TPSA) is 9.23 Å². The van der Waals surface area contributed by atoms with E-state index in [4.69, 9.17) is 3.07 Å². The zero-order valence-corrected chi connectivity index (χ0v) is 6.18. The van der Waals surface area contributed by atoms with Crippen LogP contribution < -0.4 is 0 Å². The van der Waals surface area contributed by atoms with E-state index in [2.05, 4.69) is 6.92 Å². The SMILES string of the molecule is CCC[O][Sn]. The minimum atomic E-state index is 0.929. The second-order valence-electron chi connectivity index (χ2n) is 0.848. The molecule has 0 amide bonds. The first-order valence-corrected chi connectivity index (χ1v) is 2.87. The van der Waals surface area contributed by atoms with Gasteiger partial charge >= 0.3 is 46.0 Å². The molecule has 1 nitrogen and oxygen atoms in total. The van der Waals surface area contributed by atoms with Crippen molar-refractivity contribution >= 4 is 22.9 Å². The summed E-state index contributed by atoms with van der Waals surface area (Å²) in [6.45, 7) is 3.03. The first-order valence-electron chi connectivity index (χ1n) is 1.70. The second-order valence-corrected chi connectivity index (χ2v) is 1.67. The fourth-order valence-corrected chi connectivity index (χ4v) is 0.685. The number of hydrogen-bond donors (Lipinski definition) is 0. The van der Waals surface area contributed by atoms with Crippen LogP contribution in [0, 0.1) is 0 Å². The number of rotatable bonds is 2. The minimum absolute atomic E-state index is 0.929. The Morgan fingerprint density at radius 3 is 2.40 bits per heavy atom. The first kappa shape index (κ1) is 5.76. The molecule has 0 aliphatic rings. The van der Waals surface area contributed by atoms with E-state index in [9.17, 15) is 0 Å². The summed E-state index contributed by atoms with van der Waals surface area (Å²) >= 11 is 1.18. The van der Waals surface area contributed by atoms with Gasteiger partial charge in [0.05, 0.1) is 0 Å². The van der Waals surface area contributed by atoms with Crippen molar-refractivity contribution in [3.63, 3.8) is 0 Å². The van der Waals surface area contributed by atoms with Gasteiger partial charge in [0.2, 0.25) is 0 Å².